The molecule has 2 amide bonds. The second-order valence-corrected chi connectivity index (χ2v) is 7.29. The fourth-order valence-electron chi connectivity index (χ4n) is 2.73. The Morgan fingerprint density at radius 2 is 1.60 bits per heavy atom. The van der Waals surface area contributed by atoms with Gasteiger partial charge in [-0.05, 0) is 57.4 Å². The summed E-state index contributed by atoms with van der Waals surface area (Å²) in [4.78, 5) is 25.6. The van der Waals surface area contributed by atoms with Crippen molar-refractivity contribution in [2.75, 3.05) is 7.11 Å². The van der Waals surface area contributed by atoms with Crippen LogP contribution in [0.5, 0.6) is 5.75 Å². The van der Waals surface area contributed by atoms with Gasteiger partial charge in [0.1, 0.15) is 11.4 Å². The van der Waals surface area contributed by atoms with E-state index in [-0.39, 0.29) is 17.5 Å². The van der Waals surface area contributed by atoms with Crippen LogP contribution in [-0.2, 0) is 11.3 Å². The van der Waals surface area contributed by atoms with E-state index in [0.29, 0.717) is 22.3 Å². The molecule has 0 saturated heterocycles. The summed E-state index contributed by atoms with van der Waals surface area (Å²) in [7, 11) is 1.59. The van der Waals surface area contributed by atoms with Crippen molar-refractivity contribution in [1.29, 1.82) is 0 Å². The van der Waals surface area contributed by atoms with Crippen molar-refractivity contribution in [3.63, 3.8) is 0 Å². The lowest BCUT2D eigenvalue weighted by atomic mass is 10.1. The third-order valence-corrected chi connectivity index (χ3v) is 5.03. The van der Waals surface area contributed by atoms with E-state index < -0.39 is 0 Å². The standard InChI is InChI=1S/C24H21BrN2O3/c1-30-19-13-11-17(12-14-19)15-22(24(29)26-16-18-7-3-2-4-8-18)27-23(28)20-9-5-6-10-21(20)25/h2-15H,16H2,1H3,(H,26,29)(H,27,28)/b22-15+. The van der Waals surface area contributed by atoms with Crippen LogP contribution in [0.25, 0.3) is 6.08 Å². The van der Waals surface area contributed by atoms with E-state index in [1.807, 2.05) is 48.5 Å². The molecule has 0 saturated carbocycles. The molecule has 3 aromatic rings. The molecule has 0 fully saturated rings. The molecule has 0 spiro atoms. The van der Waals surface area contributed by atoms with Gasteiger partial charge in [0.25, 0.3) is 11.8 Å². The summed E-state index contributed by atoms with van der Waals surface area (Å²) in [6.45, 7) is 0.352. The first-order chi connectivity index (χ1) is 14.6. The van der Waals surface area contributed by atoms with Crippen LogP contribution in [-0.4, -0.2) is 18.9 Å². The van der Waals surface area contributed by atoms with Gasteiger partial charge in [0.05, 0.1) is 12.7 Å². The van der Waals surface area contributed by atoms with Gasteiger partial charge >= 0.3 is 0 Å². The highest BCUT2D eigenvalue weighted by molar-refractivity contribution is 9.10. The summed E-state index contributed by atoms with van der Waals surface area (Å²) < 4.78 is 5.82. The molecule has 3 aromatic carbocycles. The average Bonchev–Trinajstić information content (AvgIpc) is 2.78. The Morgan fingerprint density at radius 1 is 0.933 bits per heavy atom. The molecule has 0 unspecified atom stereocenters. The van der Waals surface area contributed by atoms with Crippen molar-refractivity contribution < 1.29 is 14.3 Å². The number of rotatable bonds is 7. The fourth-order valence-corrected chi connectivity index (χ4v) is 3.20. The van der Waals surface area contributed by atoms with Gasteiger partial charge in [0.2, 0.25) is 0 Å². The van der Waals surface area contributed by atoms with E-state index in [2.05, 4.69) is 26.6 Å². The van der Waals surface area contributed by atoms with E-state index in [1.165, 1.54) is 0 Å². The minimum absolute atomic E-state index is 0.150. The van der Waals surface area contributed by atoms with Crippen molar-refractivity contribution in [2.45, 2.75) is 6.54 Å². The Hall–Kier alpha value is -3.38. The van der Waals surface area contributed by atoms with Crippen molar-refractivity contribution in [2.24, 2.45) is 0 Å². The van der Waals surface area contributed by atoms with Crippen LogP contribution in [0.3, 0.4) is 0 Å². The lowest BCUT2D eigenvalue weighted by Gasteiger charge is -2.12. The highest BCUT2D eigenvalue weighted by Gasteiger charge is 2.16. The third-order valence-electron chi connectivity index (χ3n) is 4.33. The van der Waals surface area contributed by atoms with Crippen LogP contribution in [0.15, 0.2) is 89.0 Å². The second-order valence-electron chi connectivity index (χ2n) is 6.43. The average molecular weight is 465 g/mol. The predicted octanol–water partition coefficient (Wildman–Crippen LogP) is 4.55. The lowest BCUT2D eigenvalue weighted by Crippen LogP contribution is -2.34. The van der Waals surface area contributed by atoms with Crippen LogP contribution in [0.2, 0.25) is 0 Å². The second kappa shape index (κ2) is 10.4. The van der Waals surface area contributed by atoms with Gasteiger partial charge in [-0.25, -0.2) is 0 Å². The Balaban J connectivity index is 1.83. The van der Waals surface area contributed by atoms with Crippen molar-refractivity contribution in [1.82, 2.24) is 10.6 Å². The molecule has 0 aliphatic rings. The molecule has 5 nitrogen and oxygen atoms in total. The number of hydrogen-bond donors (Lipinski definition) is 2. The molecular weight excluding hydrogens is 444 g/mol. The number of halogens is 1. The van der Waals surface area contributed by atoms with Gasteiger partial charge in [-0.1, -0.05) is 54.6 Å². The summed E-state index contributed by atoms with van der Waals surface area (Å²) in [5.41, 5.74) is 2.31. The summed E-state index contributed by atoms with van der Waals surface area (Å²) in [6, 6.07) is 23.8. The van der Waals surface area contributed by atoms with Crippen LogP contribution in [0.1, 0.15) is 21.5 Å². The third kappa shape index (κ3) is 5.81. The Labute approximate surface area is 183 Å². The Bertz CT molecular complexity index is 1050. The van der Waals surface area contributed by atoms with Gasteiger partial charge in [0.15, 0.2) is 0 Å². The maximum absolute atomic E-state index is 12.9. The molecule has 0 aromatic heterocycles. The number of ether oxygens (including phenoxy) is 1. The highest BCUT2D eigenvalue weighted by atomic mass is 79.9. The molecule has 0 radical (unpaired) electrons. The quantitative estimate of drug-likeness (QED) is 0.504. The van der Waals surface area contributed by atoms with E-state index in [4.69, 9.17) is 4.74 Å². The zero-order valence-corrected chi connectivity index (χ0v) is 18.0. The molecular formula is C24H21BrN2O3. The highest BCUT2D eigenvalue weighted by Crippen LogP contribution is 2.17. The maximum Gasteiger partial charge on any atom is 0.268 e. The summed E-state index contributed by atoms with van der Waals surface area (Å²) in [5.74, 6) is -0.0494. The zero-order valence-electron chi connectivity index (χ0n) is 16.4. The number of carbonyl (C=O) groups excluding carboxylic acids is 2. The van der Waals surface area contributed by atoms with Gasteiger partial charge in [-0.2, -0.15) is 0 Å². The Morgan fingerprint density at radius 3 is 2.27 bits per heavy atom. The first kappa shape index (κ1) is 21.3. The zero-order chi connectivity index (χ0) is 21.3. The normalized spacial score (nSPS) is 10.9. The molecule has 0 heterocycles. The number of hydrogen-bond acceptors (Lipinski definition) is 3. The van der Waals surface area contributed by atoms with E-state index in [9.17, 15) is 9.59 Å². The molecule has 0 aliphatic heterocycles. The van der Waals surface area contributed by atoms with Crippen molar-refractivity contribution in [3.05, 3.63) is 106 Å². The smallest absolute Gasteiger partial charge is 0.268 e. The van der Waals surface area contributed by atoms with Gasteiger partial charge in [0, 0.05) is 11.0 Å². The predicted molar refractivity (Wildman–Crippen MR) is 121 cm³/mol. The van der Waals surface area contributed by atoms with E-state index in [1.54, 1.807) is 43.5 Å². The van der Waals surface area contributed by atoms with Crippen LogP contribution >= 0.6 is 15.9 Å². The molecule has 0 atom stereocenters. The van der Waals surface area contributed by atoms with Crippen molar-refractivity contribution >= 4 is 33.8 Å². The van der Waals surface area contributed by atoms with Gasteiger partial charge in [-0.15, -0.1) is 0 Å². The van der Waals surface area contributed by atoms with Crippen LogP contribution in [0.4, 0.5) is 0 Å². The fraction of sp³-hybridized carbons (Fsp3) is 0.0833. The van der Waals surface area contributed by atoms with Crippen LogP contribution in [0, 0.1) is 0 Å². The topological polar surface area (TPSA) is 67.4 Å². The Kier molecular flexibility index (Phi) is 7.40. The van der Waals surface area contributed by atoms with E-state index >= 15 is 0 Å². The molecule has 30 heavy (non-hydrogen) atoms. The summed E-state index contributed by atoms with van der Waals surface area (Å²) >= 11 is 3.37. The van der Waals surface area contributed by atoms with Gasteiger partial charge < -0.3 is 15.4 Å². The van der Waals surface area contributed by atoms with Crippen LogP contribution < -0.4 is 15.4 Å². The minimum atomic E-state index is -0.380. The van der Waals surface area contributed by atoms with E-state index in [0.717, 1.165) is 11.1 Å². The number of carbonyl (C=O) groups is 2. The minimum Gasteiger partial charge on any atom is -0.497 e. The number of benzene rings is 3. The summed E-state index contributed by atoms with van der Waals surface area (Å²) in [5, 5.41) is 5.59. The SMILES string of the molecule is COc1ccc(/C=C(/NC(=O)c2ccccc2Br)C(=O)NCc2ccccc2)cc1. The number of nitrogens with one attached hydrogen (secondary N) is 2. The first-order valence-electron chi connectivity index (χ1n) is 9.30. The first-order valence-corrected chi connectivity index (χ1v) is 10.1. The summed E-state index contributed by atoms with van der Waals surface area (Å²) in [6.07, 6.45) is 1.63. The van der Waals surface area contributed by atoms with Gasteiger partial charge in [-0.3, -0.25) is 9.59 Å². The molecule has 3 rings (SSSR count). The molecule has 2 N–H and O–H groups in total. The molecule has 152 valence electrons. The molecule has 0 aliphatic carbocycles. The molecule has 6 heteroatoms. The monoisotopic (exact) mass is 464 g/mol. The number of amides is 2. The maximum atomic E-state index is 12.9. The lowest BCUT2D eigenvalue weighted by molar-refractivity contribution is -0.117. The largest absolute Gasteiger partial charge is 0.497 e. The van der Waals surface area contributed by atoms with Crippen molar-refractivity contribution in [3.8, 4) is 5.75 Å². The number of methoxy groups -OCH3 is 1. The molecule has 0 bridgehead atoms.